The third-order valence-corrected chi connectivity index (χ3v) is 5.87. The molecule has 0 saturated carbocycles. The first kappa shape index (κ1) is 22.0. The first-order chi connectivity index (χ1) is 14.8. The van der Waals surface area contributed by atoms with Crippen molar-refractivity contribution < 1.29 is 17.9 Å². The number of nitrogens with zero attached hydrogens (tertiary/aromatic N) is 1. The second-order valence-electron chi connectivity index (χ2n) is 6.93. The van der Waals surface area contributed by atoms with Crippen LogP contribution in [-0.2, 0) is 10.0 Å². The number of anilines is 1. The summed E-state index contributed by atoms with van der Waals surface area (Å²) in [5, 5.41) is 3.93. The Morgan fingerprint density at radius 1 is 1.00 bits per heavy atom. The number of rotatable bonds is 7. The monoisotopic (exact) mass is 437 g/mol. The topological polar surface area (TPSA) is 96.9 Å². The molecule has 0 aliphatic rings. The quantitative estimate of drug-likeness (QED) is 0.433. The number of ether oxygens (including phenoxy) is 1. The van der Waals surface area contributed by atoms with Crippen molar-refractivity contribution >= 4 is 27.8 Å². The maximum absolute atomic E-state index is 12.8. The standard InChI is InChI=1S/C23H23N3O4S/c1-16-10-11-22(17(2)12-16)26-31(28,29)21-9-5-7-19(14-21)23(27)25-24-15-18-6-4-8-20(13-18)30-3/h4-15,26H,1-3H3,(H,25,27)/b24-15+. The average molecular weight is 438 g/mol. The summed E-state index contributed by atoms with van der Waals surface area (Å²) in [6, 6.07) is 18.4. The Morgan fingerprint density at radius 2 is 1.77 bits per heavy atom. The highest BCUT2D eigenvalue weighted by Gasteiger charge is 2.17. The van der Waals surface area contributed by atoms with Gasteiger partial charge < -0.3 is 4.74 Å². The van der Waals surface area contributed by atoms with Gasteiger partial charge in [0.15, 0.2) is 0 Å². The van der Waals surface area contributed by atoms with Crippen LogP contribution < -0.4 is 14.9 Å². The van der Waals surface area contributed by atoms with Crippen LogP contribution in [0.3, 0.4) is 0 Å². The van der Waals surface area contributed by atoms with Crippen molar-refractivity contribution in [1.82, 2.24) is 5.43 Å². The zero-order chi connectivity index (χ0) is 22.4. The highest BCUT2D eigenvalue weighted by Crippen LogP contribution is 2.21. The third-order valence-electron chi connectivity index (χ3n) is 4.51. The number of hydrogen-bond donors (Lipinski definition) is 2. The van der Waals surface area contributed by atoms with Crippen LogP contribution in [0.1, 0.15) is 27.0 Å². The third kappa shape index (κ3) is 5.70. The SMILES string of the molecule is COc1cccc(/C=N/NC(=O)c2cccc(S(=O)(=O)Nc3ccc(C)cc3C)c2)c1. The summed E-state index contributed by atoms with van der Waals surface area (Å²) in [4.78, 5) is 12.4. The lowest BCUT2D eigenvalue weighted by molar-refractivity contribution is 0.0955. The minimum atomic E-state index is -3.86. The predicted octanol–water partition coefficient (Wildman–Crippen LogP) is 3.88. The molecule has 1 amide bonds. The van der Waals surface area contributed by atoms with E-state index < -0.39 is 15.9 Å². The molecular weight excluding hydrogens is 414 g/mol. The first-order valence-electron chi connectivity index (χ1n) is 9.46. The molecule has 0 heterocycles. The molecule has 0 aliphatic carbocycles. The molecule has 0 saturated heterocycles. The molecular formula is C23H23N3O4S. The summed E-state index contributed by atoms with van der Waals surface area (Å²) in [7, 11) is -2.29. The summed E-state index contributed by atoms with van der Waals surface area (Å²) in [6.07, 6.45) is 1.47. The van der Waals surface area contributed by atoms with E-state index in [1.54, 1.807) is 31.4 Å². The Balaban J connectivity index is 1.73. The zero-order valence-electron chi connectivity index (χ0n) is 17.4. The van der Waals surface area contributed by atoms with E-state index >= 15 is 0 Å². The van der Waals surface area contributed by atoms with Gasteiger partial charge in [0.05, 0.1) is 23.9 Å². The van der Waals surface area contributed by atoms with E-state index in [1.165, 1.54) is 30.5 Å². The molecule has 0 bridgehead atoms. The van der Waals surface area contributed by atoms with E-state index in [4.69, 9.17) is 4.74 Å². The Labute approximate surface area is 181 Å². The second kappa shape index (κ2) is 9.44. The van der Waals surface area contributed by atoms with Gasteiger partial charge in [-0.3, -0.25) is 9.52 Å². The van der Waals surface area contributed by atoms with E-state index in [1.807, 2.05) is 32.0 Å². The summed E-state index contributed by atoms with van der Waals surface area (Å²) >= 11 is 0. The van der Waals surface area contributed by atoms with Gasteiger partial charge in [-0.15, -0.1) is 0 Å². The van der Waals surface area contributed by atoms with Crippen LogP contribution in [0.15, 0.2) is 76.7 Å². The van der Waals surface area contributed by atoms with E-state index in [9.17, 15) is 13.2 Å². The van der Waals surface area contributed by atoms with Gasteiger partial charge >= 0.3 is 0 Å². The van der Waals surface area contributed by atoms with Crippen molar-refractivity contribution in [3.8, 4) is 5.75 Å². The molecule has 0 fully saturated rings. The van der Waals surface area contributed by atoms with Crippen LogP contribution in [0.2, 0.25) is 0 Å². The molecule has 160 valence electrons. The fourth-order valence-corrected chi connectivity index (χ4v) is 4.06. The number of carbonyl (C=O) groups is 1. The van der Waals surface area contributed by atoms with Gasteiger partial charge in [-0.2, -0.15) is 5.10 Å². The smallest absolute Gasteiger partial charge is 0.271 e. The number of nitrogens with one attached hydrogen (secondary N) is 2. The number of sulfonamides is 1. The van der Waals surface area contributed by atoms with Crippen LogP contribution in [0.4, 0.5) is 5.69 Å². The molecule has 0 atom stereocenters. The Hall–Kier alpha value is -3.65. The van der Waals surface area contributed by atoms with Gasteiger partial charge in [0.25, 0.3) is 15.9 Å². The highest BCUT2D eigenvalue weighted by atomic mass is 32.2. The largest absolute Gasteiger partial charge is 0.497 e. The Morgan fingerprint density at radius 3 is 2.52 bits per heavy atom. The lowest BCUT2D eigenvalue weighted by Crippen LogP contribution is -2.19. The average Bonchev–Trinajstić information content (AvgIpc) is 2.76. The number of benzene rings is 3. The van der Waals surface area contributed by atoms with Crippen LogP contribution in [-0.4, -0.2) is 27.6 Å². The van der Waals surface area contributed by atoms with E-state index in [-0.39, 0.29) is 10.5 Å². The van der Waals surface area contributed by atoms with Gasteiger partial charge in [-0.25, -0.2) is 13.8 Å². The minimum Gasteiger partial charge on any atom is -0.497 e. The van der Waals surface area contributed by atoms with Crippen LogP contribution in [0.5, 0.6) is 5.75 Å². The molecule has 2 N–H and O–H groups in total. The molecule has 31 heavy (non-hydrogen) atoms. The fourth-order valence-electron chi connectivity index (χ4n) is 2.89. The fraction of sp³-hybridized carbons (Fsp3) is 0.130. The number of carbonyl (C=O) groups excluding carboxylic acids is 1. The van der Waals surface area contributed by atoms with Gasteiger partial charge in [0, 0.05) is 5.56 Å². The van der Waals surface area contributed by atoms with E-state index in [2.05, 4.69) is 15.2 Å². The van der Waals surface area contributed by atoms with Crippen molar-refractivity contribution in [1.29, 1.82) is 0 Å². The second-order valence-corrected chi connectivity index (χ2v) is 8.61. The van der Waals surface area contributed by atoms with Crippen molar-refractivity contribution in [2.75, 3.05) is 11.8 Å². The lowest BCUT2D eigenvalue weighted by atomic mass is 10.1. The van der Waals surface area contributed by atoms with Gasteiger partial charge in [0.1, 0.15) is 5.75 Å². The summed E-state index contributed by atoms with van der Waals surface area (Å²) < 4.78 is 33.3. The Kier molecular flexibility index (Phi) is 6.71. The van der Waals surface area contributed by atoms with E-state index in [0.29, 0.717) is 11.4 Å². The molecule has 3 aromatic rings. The number of methoxy groups -OCH3 is 1. The first-order valence-corrected chi connectivity index (χ1v) is 10.9. The minimum absolute atomic E-state index is 0.0168. The van der Waals surface area contributed by atoms with Gasteiger partial charge in [-0.1, -0.05) is 35.9 Å². The molecule has 0 spiro atoms. The number of hydrogen-bond acceptors (Lipinski definition) is 5. The molecule has 8 heteroatoms. The number of amides is 1. The summed E-state index contributed by atoms with van der Waals surface area (Å²) in [5.74, 6) is 0.146. The van der Waals surface area contributed by atoms with Crippen molar-refractivity contribution in [2.45, 2.75) is 18.7 Å². The molecule has 0 aliphatic heterocycles. The molecule has 0 radical (unpaired) electrons. The highest BCUT2D eigenvalue weighted by molar-refractivity contribution is 7.92. The maximum atomic E-state index is 12.8. The van der Waals surface area contributed by atoms with Crippen molar-refractivity contribution in [3.05, 3.63) is 89.0 Å². The van der Waals surface area contributed by atoms with E-state index in [0.717, 1.165) is 16.7 Å². The zero-order valence-corrected chi connectivity index (χ0v) is 18.2. The molecule has 3 aromatic carbocycles. The van der Waals surface area contributed by atoms with Gasteiger partial charge in [0.2, 0.25) is 0 Å². The summed E-state index contributed by atoms with van der Waals surface area (Å²) in [5.41, 5.74) is 5.65. The molecule has 3 rings (SSSR count). The lowest BCUT2D eigenvalue weighted by Gasteiger charge is -2.12. The van der Waals surface area contributed by atoms with Crippen molar-refractivity contribution in [2.24, 2.45) is 5.10 Å². The van der Waals surface area contributed by atoms with Crippen LogP contribution >= 0.6 is 0 Å². The molecule has 0 unspecified atom stereocenters. The maximum Gasteiger partial charge on any atom is 0.271 e. The predicted molar refractivity (Wildman–Crippen MR) is 121 cm³/mol. The normalized spacial score (nSPS) is 11.3. The molecule has 7 nitrogen and oxygen atoms in total. The van der Waals surface area contributed by atoms with Gasteiger partial charge in [-0.05, 0) is 61.4 Å². The number of hydrazone groups is 1. The van der Waals surface area contributed by atoms with Crippen LogP contribution in [0.25, 0.3) is 0 Å². The van der Waals surface area contributed by atoms with Crippen molar-refractivity contribution in [3.63, 3.8) is 0 Å². The van der Waals surface area contributed by atoms with Crippen LogP contribution in [0, 0.1) is 13.8 Å². The number of aryl methyl sites for hydroxylation is 2. The molecule has 0 aromatic heterocycles. The Bertz CT molecular complexity index is 1240. The summed E-state index contributed by atoms with van der Waals surface area (Å²) in [6.45, 7) is 3.76.